The molecule has 0 saturated carbocycles. The van der Waals surface area contributed by atoms with Crippen molar-refractivity contribution in [1.29, 1.82) is 0 Å². The van der Waals surface area contributed by atoms with E-state index in [-0.39, 0.29) is 37.6 Å². The van der Waals surface area contributed by atoms with Gasteiger partial charge in [0.25, 0.3) is 5.91 Å². The molecule has 1 aromatic carbocycles. The lowest BCUT2D eigenvalue weighted by atomic mass is 10.2. The molecule has 2 saturated heterocycles. The number of hydrogen-bond donors (Lipinski definition) is 2. The predicted octanol–water partition coefficient (Wildman–Crippen LogP) is 1.60. The Kier molecular flexibility index (Phi) is 5.81. The van der Waals surface area contributed by atoms with Crippen LogP contribution < -0.4 is 14.8 Å². The molecule has 0 unspecified atom stereocenters. The zero-order valence-electron chi connectivity index (χ0n) is 14.8. The van der Waals surface area contributed by atoms with Crippen molar-refractivity contribution in [3.8, 4) is 11.5 Å². The summed E-state index contributed by atoms with van der Waals surface area (Å²) in [6.45, 7) is 0.407. The van der Waals surface area contributed by atoms with Crippen LogP contribution in [0.2, 0.25) is 0 Å². The van der Waals surface area contributed by atoms with E-state index < -0.39 is 6.10 Å². The monoisotopic (exact) mass is 438 g/mol. The lowest BCUT2D eigenvalue weighted by molar-refractivity contribution is -0.124. The van der Waals surface area contributed by atoms with Gasteiger partial charge < -0.3 is 19.9 Å². The minimum absolute atomic E-state index is 0.137. The molecule has 0 spiro atoms. The van der Waals surface area contributed by atoms with Gasteiger partial charge in [-0.3, -0.25) is 14.5 Å². The maximum atomic E-state index is 12.7. The van der Waals surface area contributed by atoms with Crippen molar-refractivity contribution in [3.05, 3.63) is 28.7 Å². The Morgan fingerprint density at radius 3 is 2.96 bits per heavy atom. The van der Waals surface area contributed by atoms with Gasteiger partial charge in [0, 0.05) is 24.5 Å². The number of ether oxygens (including phenoxy) is 2. The van der Waals surface area contributed by atoms with E-state index in [0.29, 0.717) is 32.2 Å². The normalized spacial score (nSPS) is 25.0. The lowest BCUT2D eigenvalue weighted by Gasteiger charge is -2.18. The van der Waals surface area contributed by atoms with Crippen molar-refractivity contribution >= 4 is 58.0 Å². The first kappa shape index (κ1) is 19.6. The lowest BCUT2D eigenvalue weighted by Crippen LogP contribution is -2.43. The quantitative estimate of drug-likeness (QED) is 0.530. The first-order valence-electron chi connectivity index (χ1n) is 8.71. The van der Waals surface area contributed by atoms with Crippen LogP contribution in [0.25, 0.3) is 6.08 Å². The molecule has 2 amide bonds. The summed E-state index contributed by atoms with van der Waals surface area (Å²) in [5, 5.41) is 12.6. The second-order valence-electron chi connectivity index (χ2n) is 6.47. The third-order valence-electron chi connectivity index (χ3n) is 4.53. The molecule has 1 aromatic rings. The zero-order valence-corrected chi connectivity index (χ0v) is 17.2. The molecule has 3 aliphatic heterocycles. The third kappa shape index (κ3) is 4.14. The Hall–Kier alpha value is -1.75. The molecule has 4 rings (SSSR count). The van der Waals surface area contributed by atoms with Crippen LogP contribution in [0.15, 0.2) is 23.1 Å². The first-order valence-corrected chi connectivity index (χ1v) is 11.1. The second kappa shape index (κ2) is 8.32. The summed E-state index contributed by atoms with van der Waals surface area (Å²) in [6.07, 6.45) is 1.38. The van der Waals surface area contributed by atoms with Gasteiger partial charge in [-0.05, 0) is 23.8 Å². The topological polar surface area (TPSA) is 88.1 Å². The molecule has 0 aliphatic carbocycles. The van der Waals surface area contributed by atoms with Crippen LogP contribution >= 0.6 is 35.7 Å². The van der Waals surface area contributed by atoms with E-state index >= 15 is 0 Å². The summed E-state index contributed by atoms with van der Waals surface area (Å²) < 4.78 is 11.1. The third-order valence-corrected chi connectivity index (χ3v) is 7.08. The predicted molar refractivity (Wildman–Crippen MR) is 112 cm³/mol. The molecule has 0 radical (unpaired) electrons. The van der Waals surface area contributed by atoms with Gasteiger partial charge in [-0.25, -0.2) is 0 Å². The Morgan fingerprint density at radius 2 is 2.18 bits per heavy atom. The van der Waals surface area contributed by atoms with Crippen LogP contribution in [-0.2, 0) is 9.59 Å². The number of thioether (sulfide) groups is 2. The van der Waals surface area contributed by atoms with Crippen LogP contribution in [0.4, 0.5) is 0 Å². The van der Waals surface area contributed by atoms with E-state index in [0.717, 1.165) is 5.56 Å². The van der Waals surface area contributed by atoms with E-state index in [1.165, 1.54) is 16.7 Å². The molecule has 2 fully saturated rings. The molecule has 0 bridgehead atoms. The number of carbonyl (C=O) groups excluding carboxylic acids is 2. The van der Waals surface area contributed by atoms with Crippen LogP contribution in [0, 0.1) is 0 Å². The second-order valence-corrected chi connectivity index (χ2v) is 9.23. The fraction of sp³-hybridized carbons (Fsp3) is 0.389. The van der Waals surface area contributed by atoms with Crippen LogP contribution in [0.1, 0.15) is 12.0 Å². The molecule has 3 heterocycles. The summed E-state index contributed by atoms with van der Waals surface area (Å²) in [7, 11) is 0. The fourth-order valence-corrected chi connectivity index (χ4v) is 5.50. The van der Waals surface area contributed by atoms with Gasteiger partial charge in [0.2, 0.25) is 12.7 Å². The van der Waals surface area contributed by atoms with Crippen LogP contribution in [-0.4, -0.2) is 63.1 Å². The molecule has 148 valence electrons. The number of aliphatic hydroxyl groups excluding tert-OH is 1. The molecule has 2 atom stereocenters. The van der Waals surface area contributed by atoms with E-state index in [2.05, 4.69) is 5.32 Å². The number of rotatable bonds is 5. The number of thiocarbonyl (C=S) groups is 1. The average molecular weight is 439 g/mol. The summed E-state index contributed by atoms with van der Waals surface area (Å²) in [6, 6.07) is 5.23. The minimum Gasteiger partial charge on any atom is -0.454 e. The van der Waals surface area contributed by atoms with Gasteiger partial charge in [0.1, 0.15) is 4.32 Å². The Morgan fingerprint density at radius 1 is 1.36 bits per heavy atom. The number of carbonyl (C=O) groups is 2. The van der Waals surface area contributed by atoms with Gasteiger partial charge in [-0.2, -0.15) is 11.8 Å². The molecule has 10 heteroatoms. The van der Waals surface area contributed by atoms with Crippen molar-refractivity contribution in [2.24, 2.45) is 0 Å². The smallest absolute Gasteiger partial charge is 0.266 e. The van der Waals surface area contributed by atoms with Gasteiger partial charge in [-0.15, -0.1) is 0 Å². The number of nitrogens with one attached hydrogen (secondary N) is 1. The van der Waals surface area contributed by atoms with Crippen LogP contribution in [0.3, 0.4) is 0 Å². The number of fused-ring (bicyclic) bond motifs is 1. The fourth-order valence-electron chi connectivity index (χ4n) is 3.02. The Balaban J connectivity index is 1.36. The van der Waals surface area contributed by atoms with Crippen molar-refractivity contribution in [3.63, 3.8) is 0 Å². The highest BCUT2D eigenvalue weighted by Gasteiger charge is 2.33. The number of aliphatic hydroxyl groups is 1. The highest BCUT2D eigenvalue weighted by atomic mass is 32.2. The van der Waals surface area contributed by atoms with E-state index in [1.54, 1.807) is 23.9 Å². The first-order chi connectivity index (χ1) is 13.5. The van der Waals surface area contributed by atoms with Gasteiger partial charge in [-0.1, -0.05) is 30.0 Å². The van der Waals surface area contributed by atoms with Crippen LogP contribution in [0.5, 0.6) is 11.5 Å². The standard InChI is InChI=1S/C18H18N2O5S3/c21-12-8-27-7-11(12)19-16(22)3-4-20-17(23)15(28-18(20)26)6-10-1-2-13-14(5-10)25-9-24-13/h1-2,5-6,11-12,21H,3-4,7-9H2,(H,19,22)/t11-,12+/m1/s1. The maximum Gasteiger partial charge on any atom is 0.266 e. The van der Waals surface area contributed by atoms with Gasteiger partial charge in [0.05, 0.1) is 17.1 Å². The van der Waals surface area contributed by atoms with Crippen molar-refractivity contribution in [2.75, 3.05) is 24.8 Å². The summed E-state index contributed by atoms with van der Waals surface area (Å²) in [4.78, 5) is 26.8. The highest BCUT2D eigenvalue weighted by Crippen LogP contribution is 2.36. The number of hydrogen-bond acceptors (Lipinski definition) is 8. The highest BCUT2D eigenvalue weighted by molar-refractivity contribution is 8.26. The average Bonchev–Trinajstić information content (AvgIpc) is 3.35. The van der Waals surface area contributed by atoms with E-state index in [1.807, 2.05) is 12.1 Å². The van der Waals surface area contributed by atoms with Gasteiger partial charge in [0.15, 0.2) is 11.5 Å². The van der Waals surface area contributed by atoms with E-state index in [9.17, 15) is 14.7 Å². The Labute approximate surface area is 175 Å². The molecule has 28 heavy (non-hydrogen) atoms. The summed E-state index contributed by atoms with van der Waals surface area (Å²) >= 11 is 8.14. The number of nitrogens with zero attached hydrogens (tertiary/aromatic N) is 1. The number of benzene rings is 1. The summed E-state index contributed by atoms with van der Waals surface area (Å²) in [5.41, 5.74) is 0.815. The zero-order chi connectivity index (χ0) is 19.7. The molecule has 7 nitrogen and oxygen atoms in total. The molecular weight excluding hydrogens is 420 g/mol. The molecule has 3 aliphatic rings. The largest absolute Gasteiger partial charge is 0.454 e. The summed E-state index contributed by atoms with van der Waals surface area (Å²) in [5.74, 6) is 2.25. The Bertz CT molecular complexity index is 860. The van der Waals surface area contributed by atoms with Crippen molar-refractivity contribution < 1.29 is 24.2 Å². The SMILES string of the molecule is O=C(CCN1C(=O)C(=Cc2ccc3c(c2)OCO3)SC1=S)N[C@@H]1CSC[C@@H]1O. The minimum atomic E-state index is -0.518. The maximum absolute atomic E-state index is 12.7. The van der Waals surface area contributed by atoms with Crippen molar-refractivity contribution in [1.82, 2.24) is 10.2 Å². The van der Waals surface area contributed by atoms with E-state index in [4.69, 9.17) is 21.7 Å². The number of amides is 2. The molecule has 2 N–H and O–H groups in total. The van der Waals surface area contributed by atoms with Gasteiger partial charge >= 0.3 is 0 Å². The van der Waals surface area contributed by atoms with Crippen molar-refractivity contribution in [2.45, 2.75) is 18.6 Å². The molecular formula is C18H18N2O5S3. The molecule has 0 aromatic heterocycles.